The smallest absolute Gasteiger partial charge is 0.317 e. The Morgan fingerprint density at radius 2 is 1.08 bits per heavy atom. The molecule has 80 valence electrons. The van der Waals surface area contributed by atoms with Gasteiger partial charge in [0.15, 0.2) is 0 Å². The molecular weight excluding hydrogens is 220 g/mol. The Labute approximate surface area is 78.3 Å². The molecule has 0 rings (SSSR count). The van der Waals surface area contributed by atoms with Crippen LogP contribution in [0.4, 0.5) is 0 Å². The van der Waals surface area contributed by atoms with Crippen molar-refractivity contribution in [3.63, 3.8) is 0 Å². The van der Waals surface area contributed by atoms with Crippen LogP contribution in [0.1, 0.15) is 13.8 Å². The molecule has 5 N–H and O–H groups in total. The van der Waals surface area contributed by atoms with Gasteiger partial charge in [-0.05, 0) is 13.1 Å². The van der Waals surface area contributed by atoms with Crippen molar-refractivity contribution in [1.29, 1.82) is 0 Å². The number of rotatable bonds is 2. The predicted molar refractivity (Wildman–Crippen MR) is 48.3 cm³/mol. The fraction of sp³-hybridized carbons (Fsp3) is 1.00. The summed E-state index contributed by atoms with van der Waals surface area (Å²) >= 11 is 0. The highest BCUT2D eigenvalue weighted by atomic mass is 31.1. The molecule has 0 radical (unpaired) electrons. The Hall–Kier alpha value is -0.0000000000000000416. The van der Waals surface area contributed by atoms with Gasteiger partial charge >= 0.3 is 16.5 Å². The van der Waals surface area contributed by atoms with Crippen LogP contribution in [0.5, 0.6) is 0 Å². The van der Waals surface area contributed by atoms with Crippen LogP contribution in [-0.2, 0) is 9.13 Å². The van der Waals surface area contributed by atoms with Gasteiger partial charge in [0.25, 0.3) is 0 Å². The van der Waals surface area contributed by atoms with Crippen molar-refractivity contribution in [3.05, 3.63) is 0 Å². The zero-order chi connectivity index (χ0) is 11.3. The SMILES string of the molecule is CCNCC.O=[P+](O)O.O=[P+](O)O. The standard InChI is InChI=1S/C4H11N.2HO3P/c1-3-5-4-2;2*1-4(2)3/h5H,3-4H2,1-2H3;2*(H-,1,2,3)/p+2. The molecule has 7 nitrogen and oxygen atoms in total. The molecule has 0 fully saturated rings. The second kappa shape index (κ2) is 17.9. The van der Waals surface area contributed by atoms with Crippen molar-refractivity contribution in [2.24, 2.45) is 0 Å². The molecule has 9 heteroatoms. The van der Waals surface area contributed by atoms with Crippen LogP contribution >= 0.6 is 16.5 Å². The first-order chi connectivity index (χ1) is 5.88. The van der Waals surface area contributed by atoms with Crippen LogP contribution in [0.15, 0.2) is 0 Å². The molecule has 0 aromatic carbocycles. The minimum Gasteiger partial charge on any atom is -0.317 e. The molecule has 0 aliphatic carbocycles. The van der Waals surface area contributed by atoms with E-state index in [0.717, 1.165) is 13.1 Å². The van der Waals surface area contributed by atoms with Crippen LogP contribution in [0.25, 0.3) is 0 Å². The van der Waals surface area contributed by atoms with Crippen molar-refractivity contribution in [3.8, 4) is 0 Å². The van der Waals surface area contributed by atoms with Crippen molar-refractivity contribution in [1.82, 2.24) is 5.32 Å². The third kappa shape index (κ3) is 300. The van der Waals surface area contributed by atoms with Crippen LogP contribution in [0.2, 0.25) is 0 Å². The summed E-state index contributed by atoms with van der Waals surface area (Å²) in [6.45, 7) is 6.39. The summed E-state index contributed by atoms with van der Waals surface area (Å²) in [6, 6.07) is 0. The maximum absolute atomic E-state index is 8.70. The normalized spacial score (nSPS) is 7.23. The lowest BCUT2D eigenvalue weighted by Gasteiger charge is -1.86. The monoisotopic (exact) mass is 235 g/mol. The van der Waals surface area contributed by atoms with E-state index in [2.05, 4.69) is 19.2 Å². The zero-order valence-corrected chi connectivity index (χ0v) is 9.20. The Balaban J connectivity index is -0.000000117. The first-order valence-electron chi connectivity index (χ1n) is 3.29. The zero-order valence-electron chi connectivity index (χ0n) is 7.41. The largest absolute Gasteiger partial charge is 0.692 e. The molecule has 0 spiro atoms. The highest BCUT2D eigenvalue weighted by molar-refractivity contribution is 7.31. The number of hydrogen-bond donors (Lipinski definition) is 5. The third-order valence-electron chi connectivity index (χ3n) is 0.500. The van der Waals surface area contributed by atoms with E-state index >= 15 is 0 Å². The summed E-state index contributed by atoms with van der Waals surface area (Å²) in [5, 5.41) is 3.11. The first-order valence-corrected chi connectivity index (χ1v) is 5.62. The molecule has 0 amide bonds. The quantitative estimate of drug-likeness (QED) is 0.422. The van der Waals surface area contributed by atoms with Gasteiger partial charge in [0.1, 0.15) is 0 Å². The summed E-state index contributed by atoms with van der Waals surface area (Å²) in [4.78, 5) is 28.5. The molecule has 13 heavy (non-hydrogen) atoms. The predicted octanol–water partition coefficient (Wildman–Crippen LogP) is -0.127. The summed E-state index contributed by atoms with van der Waals surface area (Å²) < 4.78 is 17.4. The Morgan fingerprint density at radius 1 is 0.923 bits per heavy atom. The van der Waals surface area contributed by atoms with E-state index in [4.69, 9.17) is 28.7 Å². The average Bonchev–Trinajstić information content (AvgIpc) is 1.86. The molecule has 0 saturated carbocycles. The first kappa shape index (κ1) is 18.7. The summed E-state index contributed by atoms with van der Waals surface area (Å²) in [5.74, 6) is 0. The Morgan fingerprint density at radius 3 is 1.08 bits per heavy atom. The highest BCUT2D eigenvalue weighted by Gasteiger charge is 1.93. The fourth-order valence-corrected chi connectivity index (χ4v) is 0.250. The minimum atomic E-state index is -2.87. The molecule has 0 aromatic heterocycles. The van der Waals surface area contributed by atoms with Crippen molar-refractivity contribution in [2.45, 2.75) is 13.8 Å². The van der Waals surface area contributed by atoms with E-state index < -0.39 is 16.5 Å². The maximum Gasteiger partial charge on any atom is 0.692 e. The molecule has 0 unspecified atom stereocenters. The molecule has 0 bridgehead atoms. The van der Waals surface area contributed by atoms with E-state index in [9.17, 15) is 0 Å². The summed E-state index contributed by atoms with van der Waals surface area (Å²) in [6.07, 6.45) is 0. The van der Waals surface area contributed by atoms with Gasteiger partial charge in [0.2, 0.25) is 0 Å². The van der Waals surface area contributed by atoms with Crippen LogP contribution in [0, 0.1) is 0 Å². The number of nitrogens with one attached hydrogen (secondary N) is 1. The molecule has 0 aliphatic rings. The minimum absolute atomic E-state index is 1.09. The van der Waals surface area contributed by atoms with Gasteiger partial charge in [-0.25, -0.2) is 0 Å². The van der Waals surface area contributed by atoms with E-state index in [1.54, 1.807) is 0 Å². The van der Waals surface area contributed by atoms with E-state index in [-0.39, 0.29) is 0 Å². The van der Waals surface area contributed by atoms with Gasteiger partial charge in [-0.3, -0.25) is 0 Å². The molecule has 0 atom stereocenters. The van der Waals surface area contributed by atoms with Crippen LogP contribution in [0.3, 0.4) is 0 Å². The summed E-state index contributed by atoms with van der Waals surface area (Å²) in [5.41, 5.74) is 0. The molecule has 0 heterocycles. The van der Waals surface area contributed by atoms with Gasteiger partial charge in [0, 0.05) is 9.13 Å². The third-order valence-corrected chi connectivity index (χ3v) is 0.500. The van der Waals surface area contributed by atoms with Crippen molar-refractivity contribution < 1.29 is 28.7 Å². The number of hydrogen-bond acceptors (Lipinski definition) is 3. The van der Waals surface area contributed by atoms with Gasteiger partial charge in [0.05, 0.1) is 0 Å². The Bertz CT molecular complexity index is 110. The molecular formula is C4H15NO6P2+2. The van der Waals surface area contributed by atoms with Gasteiger partial charge in [-0.15, -0.1) is 19.6 Å². The van der Waals surface area contributed by atoms with Gasteiger partial charge < -0.3 is 5.32 Å². The van der Waals surface area contributed by atoms with Gasteiger partial charge in [-0.1, -0.05) is 13.8 Å². The maximum atomic E-state index is 8.70. The molecule has 0 aromatic rings. The Kier molecular flexibility index (Phi) is 25.8. The molecule has 0 saturated heterocycles. The highest BCUT2D eigenvalue weighted by Crippen LogP contribution is 1.98. The van der Waals surface area contributed by atoms with Gasteiger partial charge in [-0.2, -0.15) is 0 Å². The second-order valence-electron chi connectivity index (χ2n) is 1.46. The van der Waals surface area contributed by atoms with Crippen molar-refractivity contribution >= 4 is 16.5 Å². The lowest BCUT2D eigenvalue weighted by atomic mass is 10.7. The van der Waals surface area contributed by atoms with E-state index in [1.807, 2.05) is 0 Å². The lowest BCUT2D eigenvalue weighted by molar-refractivity contribution is 0.403. The van der Waals surface area contributed by atoms with E-state index in [0.29, 0.717) is 0 Å². The second-order valence-corrected chi connectivity index (χ2v) is 2.47. The van der Waals surface area contributed by atoms with Crippen molar-refractivity contribution in [2.75, 3.05) is 13.1 Å². The van der Waals surface area contributed by atoms with E-state index in [1.165, 1.54) is 0 Å². The average molecular weight is 235 g/mol. The topological polar surface area (TPSA) is 127 Å². The lowest BCUT2D eigenvalue weighted by Crippen LogP contribution is -2.09. The van der Waals surface area contributed by atoms with Crippen LogP contribution in [-0.4, -0.2) is 32.7 Å². The fourth-order valence-electron chi connectivity index (χ4n) is 0.250. The van der Waals surface area contributed by atoms with Crippen LogP contribution < -0.4 is 5.32 Å². The molecule has 0 aliphatic heterocycles. The summed E-state index contributed by atoms with van der Waals surface area (Å²) in [7, 11) is -5.74.